The molecule has 0 radical (unpaired) electrons. The molecule has 0 saturated heterocycles. The maximum absolute atomic E-state index is 7.77. The molecule has 0 spiro atoms. The quantitative estimate of drug-likeness (QED) is 0.161. The van der Waals surface area contributed by atoms with Gasteiger partial charge in [0.25, 0.3) is 13.4 Å². The number of benzene rings is 11. The van der Waals surface area contributed by atoms with Crippen LogP contribution in [0, 0.1) is 0 Å². The van der Waals surface area contributed by atoms with Crippen molar-refractivity contribution in [3.63, 3.8) is 0 Å². The van der Waals surface area contributed by atoms with E-state index in [4.69, 9.17) is 9.47 Å². The van der Waals surface area contributed by atoms with E-state index in [1.54, 1.807) is 0 Å². The van der Waals surface area contributed by atoms with Crippen LogP contribution in [0.1, 0.15) is 158 Å². The van der Waals surface area contributed by atoms with Gasteiger partial charge in [-0.3, -0.25) is 0 Å². The molecule has 0 amide bonds. The molecule has 0 aliphatic carbocycles. The van der Waals surface area contributed by atoms with Crippen molar-refractivity contribution < 1.29 is 9.47 Å². The number of hydrogen-bond donors (Lipinski definition) is 0. The summed E-state index contributed by atoms with van der Waals surface area (Å²) in [5.74, 6) is 3.33. The summed E-state index contributed by atoms with van der Waals surface area (Å²) >= 11 is 0. The van der Waals surface area contributed by atoms with Gasteiger partial charge in [0, 0.05) is 62.5 Å². The molecule has 16 rings (SSSR count). The number of fused-ring (bicyclic) bond motifs is 11. The minimum absolute atomic E-state index is 0.0293. The SMILES string of the molecule is CC(C)(C)c1ccc(N2c3cc(C(C)(C)C)ccc3B3c4cc5c(cc4Oc4cc(-n6c7ccc(C(C)(C)C)cc7c7cc(C(C)(C)C)ccc76)cc2c43)Oc2cc(C(C)(C)C)cc3c2B5c2ccc(C(C)(C)C)cc2N3c2c(-c3ccccc3)cccc2-c2ccccc2)cc1. The molecule has 0 atom stereocenters. The first-order valence-electron chi connectivity index (χ1n) is 35.1. The fourth-order valence-electron chi connectivity index (χ4n) is 15.8. The zero-order chi connectivity index (χ0) is 67.9. The van der Waals surface area contributed by atoms with Crippen molar-refractivity contribution in [2.45, 2.75) is 157 Å². The van der Waals surface area contributed by atoms with Gasteiger partial charge >= 0.3 is 0 Å². The van der Waals surface area contributed by atoms with Crippen LogP contribution in [-0.4, -0.2) is 18.0 Å². The van der Waals surface area contributed by atoms with Crippen molar-refractivity contribution in [2.75, 3.05) is 9.80 Å². The van der Waals surface area contributed by atoms with E-state index in [2.05, 4.69) is 351 Å². The van der Waals surface area contributed by atoms with E-state index >= 15 is 0 Å². The molecule has 0 N–H and O–H groups in total. The average Bonchev–Trinajstić information content (AvgIpc) is 1.07. The van der Waals surface area contributed by atoms with Gasteiger partial charge in [0.15, 0.2) is 0 Å². The maximum Gasteiger partial charge on any atom is 0.256 e. The normalized spacial score (nSPS) is 14.2. The fourth-order valence-corrected chi connectivity index (χ4v) is 15.8. The summed E-state index contributed by atoms with van der Waals surface area (Å²) in [6.07, 6.45) is 0. The Labute approximate surface area is 576 Å². The molecule has 97 heavy (non-hydrogen) atoms. The lowest BCUT2D eigenvalue weighted by molar-refractivity contribution is 0.464. The number of rotatable bonds is 5. The van der Waals surface area contributed by atoms with E-state index in [-0.39, 0.29) is 45.9 Å². The second kappa shape index (κ2) is 21.5. The lowest BCUT2D eigenvalue weighted by Crippen LogP contribution is -2.63. The third kappa shape index (κ3) is 10.2. The zero-order valence-corrected chi connectivity index (χ0v) is 60.0. The van der Waals surface area contributed by atoms with Gasteiger partial charge < -0.3 is 23.8 Å². The predicted octanol–water partition coefficient (Wildman–Crippen LogP) is 20.7. The second-order valence-electron chi connectivity index (χ2n) is 34.3. The molecule has 5 heterocycles. The molecule has 482 valence electrons. The van der Waals surface area contributed by atoms with Crippen LogP contribution in [0.5, 0.6) is 23.0 Å². The van der Waals surface area contributed by atoms with Crippen LogP contribution in [0.3, 0.4) is 0 Å². The standard InChI is InChI=1S/C90H89B2N3O2/c1-85(2,3)56-32-38-62(39-33-56)93-74-46-59(88(10,11)12)34-40-68(74)91-71-52-70-78(53-79(71)97-81-51-63(50-77(93)83(81)91)94-72-42-36-57(86(4,5)6)44-66(72)67-45-58(87(7,8)9)37-43-73(67)94)96-80-49-61(90(16,17)18)48-76-82(80)92(70)69-41-35-60(89(13,14)15)47-75(69)95(76)84-64(54-26-21-19-22-27-54)30-25-31-65(84)55-28-23-20-24-29-55/h19-53H,1-18H3. The lowest BCUT2D eigenvalue weighted by atomic mass is 9.31. The number of anilines is 6. The molecule has 12 aromatic rings. The highest BCUT2D eigenvalue weighted by molar-refractivity contribution is 7.02. The molecule has 0 fully saturated rings. The van der Waals surface area contributed by atoms with Crippen LogP contribution in [0.25, 0.3) is 49.7 Å². The molecule has 5 nitrogen and oxygen atoms in total. The van der Waals surface area contributed by atoms with Gasteiger partial charge in [0.05, 0.1) is 22.4 Å². The third-order valence-electron chi connectivity index (χ3n) is 21.4. The Morgan fingerprint density at radius 2 is 0.680 bits per heavy atom. The van der Waals surface area contributed by atoms with Gasteiger partial charge in [-0.2, -0.15) is 0 Å². The minimum atomic E-state index is -0.229. The van der Waals surface area contributed by atoms with E-state index in [0.717, 1.165) is 101 Å². The molecule has 0 unspecified atom stereocenters. The summed E-state index contributed by atoms with van der Waals surface area (Å²) in [5.41, 5.74) is 29.0. The van der Waals surface area contributed by atoms with Gasteiger partial charge in [-0.25, -0.2) is 0 Å². The van der Waals surface area contributed by atoms with Gasteiger partial charge in [-0.05, 0) is 177 Å². The summed E-state index contributed by atoms with van der Waals surface area (Å²) in [7, 11) is 0. The van der Waals surface area contributed by atoms with Gasteiger partial charge in [-0.1, -0.05) is 258 Å². The van der Waals surface area contributed by atoms with Crippen LogP contribution >= 0.6 is 0 Å². The fraction of sp³-hybridized carbons (Fsp3) is 0.267. The van der Waals surface area contributed by atoms with Crippen molar-refractivity contribution in [3.8, 4) is 50.9 Å². The first kappa shape index (κ1) is 62.4. The van der Waals surface area contributed by atoms with Crippen molar-refractivity contribution in [3.05, 3.63) is 246 Å². The summed E-state index contributed by atoms with van der Waals surface area (Å²) in [6.45, 7) is 41.4. The molecule has 11 aromatic carbocycles. The number of hydrogen-bond acceptors (Lipinski definition) is 4. The Hall–Kier alpha value is -9.45. The van der Waals surface area contributed by atoms with Crippen LogP contribution in [-0.2, 0) is 32.5 Å². The average molecular weight is 1270 g/mol. The van der Waals surface area contributed by atoms with Crippen molar-refractivity contribution in [2.24, 2.45) is 0 Å². The maximum atomic E-state index is 7.77. The molecule has 4 aliphatic heterocycles. The molecule has 4 aliphatic rings. The Kier molecular flexibility index (Phi) is 13.8. The van der Waals surface area contributed by atoms with Gasteiger partial charge in [0.2, 0.25) is 0 Å². The highest BCUT2D eigenvalue weighted by atomic mass is 16.5. The first-order chi connectivity index (χ1) is 45.9. The van der Waals surface area contributed by atoms with E-state index in [1.807, 2.05) is 0 Å². The molecule has 7 heteroatoms. The number of para-hydroxylation sites is 1. The summed E-state index contributed by atoms with van der Waals surface area (Å²) in [6, 6.07) is 81.5. The van der Waals surface area contributed by atoms with E-state index in [1.165, 1.54) is 71.9 Å². The van der Waals surface area contributed by atoms with Gasteiger partial charge in [0.1, 0.15) is 23.0 Å². The highest BCUT2D eigenvalue weighted by Crippen LogP contribution is 2.52. The van der Waals surface area contributed by atoms with E-state index < -0.39 is 0 Å². The third-order valence-corrected chi connectivity index (χ3v) is 21.4. The summed E-state index contributed by atoms with van der Waals surface area (Å²) < 4.78 is 18.0. The van der Waals surface area contributed by atoms with Crippen LogP contribution in [0.15, 0.2) is 212 Å². The first-order valence-corrected chi connectivity index (χ1v) is 35.1. The molecule has 1 aromatic heterocycles. The van der Waals surface area contributed by atoms with Crippen molar-refractivity contribution in [1.82, 2.24) is 4.57 Å². The van der Waals surface area contributed by atoms with E-state index in [0.29, 0.717) is 0 Å². The van der Waals surface area contributed by atoms with Crippen LogP contribution < -0.4 is 52.1 Å². The molecular formula is C90H89B2N3O2. The number of aromatic nitrogens is 1. The molecular weight excluding hydrogens is 1180 g/mol. The van der Waals surface area contributed by atoms with Gasteiger partial charge in [-0.15, -0.1) is 0 Å². The minimum Gasteiger partial charge on any atom is -0.458 e. The summed E-state index contributed by atoms with van der Waals surface area (Å²) in [5, 5.41) is 2.50. The Morgan fingerprint density at radius 3 is 1.14 bits per heavy atom. The summed E-state index contributed by atoms with van der Waals surface area (Å²) in [4.78, 5) is 5.17. The Morgan fingerprint density at radius 1 is 0.278 bits per heavy atom. The molecule has 0 bridgehead atoms. The second-order valence-corrected chi connectivity index (χ2v) is 34.3. The zero-order valence-electron chi connectivity index (χ0n) is 60.0. The van der Waals surface area contributed by atoms with Crippen LogP contribution in [0.4, 0.5) is 34.1 Å². The number of ether oxygens (including phenoxy) is 2. The highest BCUT2D eigenvalue weighted by Gasteiger charge is 2.48. The van der Waals surface area contributed by atoms with Crippen molar-refractivity contribution >= 4 is 102 Å². The monoisotopic (exact) mass is 1270 g/mol. The Balaban J connectivity index is 0.975. The molecule has 0 saturated carbocycles. The topological polar surface area (TPSA) is 29.9 Å². The lowest BCUT2D eigenvalue weighted by Gasteiger charge is -2.44. The van der Waals surface area contributed by atoms with Crippen molar-refractivity contribution in [1.29, 1.82) is 0 Å². The largest absolute Gasteiger partial charge is 0.458 e. The van der Waals surface area contributed by atoms with Crippen LogP contribution in [0.2, 0.25) is 0 Å². The Bertz CT molecular complexity index is 5100. The van der Waals surface area contributed by atoms with E-state index in [9.17, 15) is 0 Å². The smallest absolute Gasteiger partial charge is 0.256 e. The predicted molar refractivity (Wildman–Crippen MR) is 416 cm³/mol. The number of nitrogens with zero attached hydrogens (tertiary/aromatic N) is 3.